The maximum Gasteiger partial charge on any atom is 0.263 e. The summed E-state index contributed by atoms with van der Waals surface area (Å²) in [6.45, 7) is 7.91. The van der Waals surface area contributed by atoms with Crippen LogP contribution in [0.4, 0.5) is 0 Å². The Morgan fingerprint density at radius 2 is 2.03 bits per heavy atom. The number of hydrogen-bond acceptors (Lipinski definition) is 5. The Hall–Kier alpha value is -1.92. The SMILES string of the molecule is CCCCc1ccc(O)c2sc3nc(C(CC)CCCC)n(CC4CCCO4)c(=O)c3c12. The fraction of sp³-hybridized carbons (Fsp3) is 0.615. The molecule has 1 saturated heterocycles. The van der Waals surface area contributed by atoms with Crippen molar-refractivity contribution in [2.45, 2.75) is 97.1 Å². The number of rotatable bonds is 10. The Labute approximate surface area is 194 Å². The molecule has 6 heteroatoms. The quantitative estimate of drug-likeness (QED) is 0.377. The van der Waals surface area contributed by atoms with Crippen LogP contribution >= 0.6 is 11.3 Å². The van der Waals surface area contributed by atoms with Crippen LogP contribution in [0.1, 0.15) is 89.4 Å². The van der Waals surface area contributed by atoms with Crippen molar-refractivity contribution in [2.24, 2.45) is 0 Å². The van der Waals surface area contributed by atoms with Gasteiger partial charge in [-0.25, -0.2) is 4.98 Å². The van der Waals surface area contributed by atoms with E-state index in [2.05, 4.69) is 20.8 Å². The van der Waals surface area contributed by atoms with Crippen molar-refractivity contribution >= 4 is 31.6 Å². The lowest BCUT2D eigenvalue weighted by Crippen LogP contribution is -2.31. The Balaban J connectivity index is 1.95. The van der Waals surface area contributed by atoms with Gasteiger partial charge in [0.2, 0.25) is 0 Å². The van der Waals surface area contributed by atoms with Gasteiger partial charge in [0.1, 0.15) is 16.4 Å². The molecule has 3 aromatic rings. The van der Waals surface area contributed by atoms with Crippen molar-refractivity contribution in [1.82, 2.24) is 9.55 Å². The first-order valence-electron chi connectivity index (χ1n) is 12.4. The minimum absolute atomic E-state index is 0.0325. The second kappa shape index (κ2) is 10.3. The van der Waals surface area contributed by atoms with E-state index in [-0.39, 0.29) is 23.3 Å². The third-order valence-corrected chi connectivity index (χ3v) is 7.92. The lowest BCUT2D eigenvalue weighted by atomic mass is 9.97. The van der Waals surface area contributed by atoms with E-state index in [1.807, 2.05) is 10.6 Å². The summed E-state index contributed by atoms with van der Waals surface area (Å²) in [5, 5.41) is 12.2. The van der Waals surface area contributed by atoms with Gasteiger partial charge in [0.25, 0.3) is 5.56 Å². The molecule has 1 aliphatic heterocycles. The number of aromatic hydroxyl groups is 1. The predicted octanol–water partition coefficient (Wildman–Crippen LogP) is 6.52. The highest BCUT2D eigenvalue weighted by molar-refractivity contribution is 7.25. The number of hydrogen-bond donors (Lipinski definition) is 1. The summed E-state index contributed by atoms with van der Waals surface area (Å²) in [4.78, 5) is 19.9. The Morgan fingerprint density at radius 3 is 2.72 bits per heavy atom. The monoisotopic (exact) mass is 456 g/mol. The van der Waals surface area contributed by atoms with Gasteiger partial charge in [0.15, 0.2) is 0 Å². The molecule has 2 aromatic heterocycles. The first-order chi connectivity index (χ1) is 15.6. The van der Waals surface area contributed by atoms with Crippen LogP contribution in [-0.4, -0.2) is 27.4 Å². The molecule has 3 heterocycles. The van der Waals surface area contributed by atoms with Gasteiger partial charge < -0.3 is 9.84 Å². The molecule has 4 rings (SSSR count). The fourth-order valence-corrected chi connectivity index (χ4v) is 6.08. The van der Waals surface area contributed by atoms with Crippen LogP contribution in [0.5, 0.6) is 5.75 Å². The maximum absolute atomic E-state index is 14.0. The zero-order chi connectivity index (χ0) is 22.7. The Bertz CT molecular complexity index is 1130. The van der Waals surface area contributed by atoms with Crippen LogP contribution in [0.15, 0.2) is 16.9 Å². The minimum Gasteiger partial charge on any atom is -0.506 e. The summed E-state index contributed by atoms with van der Waals surface area (Å²) in [6, 6.07) is 3.75. The number of aromatic nitrogens is 2. The van der Waals surface area contributed by atoms with E-state index in [1.165, 1.54) is 11.3 Å². The number of aryl methyl sites for hydroxylation is 1. The molecule has 1 N–H and O–H groups in total. The van der Waals surface area contributed by atoms with E-state index in [0.29, 0.717) is 11.9 Å². The number of ether oxygens (including phenoxy) is 1. The van der Waals surface area contributed by atoms with Crippen LogP contribution in [0.3, 0.4) is 0 Å². The lowest BCUT2D eigenvalue weighted by molar-refractivity contribution is 0.0948. The van der Waals surface area contributed by atoms with Gasteiger partial charge in [-0.2, -0.15) is 0 Å². The summed E-state index contributed by atoms with van der Waals surface area (Å²) in [5.74, 6) is 1.40. The summed E-state index contributed by atoms with van der Waals surface area (Å²) in [6.07, 6.45) is 9.42. The second-order valence-electron chi connectivity index (χ2n) is 9.10. The van der Waals surface area contributed by atoms with Crippen molar-refractivity contribution < 1.29 is 9.84 Å². The topological polar surface area (TPSA) is 64.3 Å². The number of benzene rings is 1. The van der Waals surface area contributed by atoms with Gasteiger partial charge in [0.05, 0.1) is 22.7 Å². The number of thiophene rings is 1. The highest BCUT2D eigenvalue weighted by Gasteiger charge is 2.26. The molecule has 1 aliphatic rings. The third-order valence-electron chi connectivity index (χ3n) is 6.81. The summed E-state index contributed by atoms with van der Waals surface area (Å²) in [5.41, 5.74) is 1.17. The van der Waals surface area contributed by atoms with Gasteiger partial charge in [-0.3, -0.25) is 9.36 Å². The predicted molar refractivity (Wildman–Crippen MR) is 133 cm³/mol. The molecule has 1 fully saturated rings. The summed E-state index contributed by atoms with van der Waals surface area (Å²) < 4.78 is 8.62. The largest absolute Gasteiger partial charge is 0.506 e. The number of phenolic OH excluding ortho intramolecular Hbond substituents is 1. The molecule has 174 valence electrons. The zero-order valence-corrected chi connectivity index (χ0v) is 20.5. The third kappa shape index (κ3) is 4.44. The van der Waals surface area contributed by atoms with Crippen LogP contribution in [0, 0.1) is 0 Å². The van der Waals surface area contributed by atoms with E-state index in [9.17, 15) is 9.90 Å². The van der Waals surface area contributed by atoms with Crippen molar-refractivity contribution in [3.63, 3.8) is 0 Å². The minimum atomic E-state index is 0.0325. The molecule has 0 radical (unpaired) electrons. The lowest BCUT2D eigenvalue weighted by Gasteiger charge is -2.21. The highest BCUT2D eigenvalue weighted by Crippen LogP contribution is 2.40. The number of phenols is 1. The number of unbranched alkanes of at least 4 members (excludes halogenated alkanes) is 2. The molecule has 0 bridgehead atoms. The molecule has 0 saturated carbocycles. The first kappa shape index (κ1) is 23.2. The summed E-state index contributed by atoms with van der Waals surface area (Å²) in [7, 11) is 0. The van der Waals surface area contributed by atoms with Crippen LogP contribution < -0.4 is 5.56 Å². The van der Waals surface area contributed by atoms with E-state index in [1.54, 1.807) is 6.07 Å². The zero-order valence-electron chi connectivity index (χ0n) is 19.7. The van der Waals surface area contributed by atoms with Gasteiger partial charge >= 0.3 is 0 Å². The molecule has 32 heavy (non-hydrogen) atoms. The van der Waals surface area contributed by atoms with Crippen molar-refractivity contribution in [3.05, 3.63) is 33.9 Å². The normalized spacial score (nSPS) is 17.5. The van der Waals surface area contributed by atoms with Crippen molar-refractivity contribution in [2.75, 3.05) is 6.61 Å². The van der Waals surface area contributed by atoms with E-state index < -0.39 is 0 Å². The van der Waals surface area contributed by atoms with Crippen LogP contribution in [0.2, 0.25) is 0 Å². The van der Waals surface area contributed by atoms with Gasteiger partial charge in [-0.05, 0) is 50.2 Å². The average molecular weight is 457 g/mol. The molecule has 5 nitrogen and oxygen atoms in total. The average Bonchev–Trinajstić information content (AvgIpc) is 3.44. The molecule has 2 unspecified atom stereocenters. The van der Waals surface area contributed by atoms with Gasteiger partial charge in [0, 0.05) is 17.9 Å². The number of fused-ring (bicyclic) bond motifs is 3. The fourth-order valence-electron chi connectivity index (χ4n) is 4.95. The molecular weight excluding hydrogens is 420 g/mol. The Morgan fingerprint density at radius 1 is 1.22 bits per heavy atom. The van der Waals surface area contributed by atoms with E-state index in [0.717, 1.165) is 90.7 Å². The molecule has 1 aromatic carbocycles. The molecule has 0 spiro atoms. The first-order valence-corrected chi connectivity index (χ1v) is 13.2. The molecular formula is C26H36N2O3S. The van der Waals surface area contributed by atoms with Gasteiger partial charge in [-0.1, -0.05) is 46.1 Å². The second-order valence-corrected chi connectivity index (χ2v) is 10.1. The molecule has 0 aliphatic carbocycles. The van der Waals surface area contributed by atoms with Crippen LogP contribution in [-0.2, 0) is 17.7 Å². The van der Waals surface area contributed by atoms with Gasteiger partial charge in [-0.15, -0.1) is 11.3 Å². The van der Waals surface area contributed by atoms with Crippen molar-refractivity contribution in [3.8, 4) is 5.75 Å². The number of nitrogens with zero attached hydrogens (tertiary/aromatic N) is 2. The smallest absolute Gasteiger partial charge is 0.263 e. The molecule has 2 atom stereocenters. The summed E-state index contributed by atoms with van der Waals surface area (Å²) >= 11 is 1.46. The standard InChI is InChI=1S/C26H36N2O3S/c1-4-7-10-17(6-3)24-27-25-22(26(30)28(24)16-19-12-9-15-31-19)21-18(11-8-5-2)13-14-20(29)23(21)32-25/h13-14,17,19,29H,4-12,15-16H2,1-3H3. The maximum atomic E-state index is 14.0. The Kier molecular flexibility index (Phi) is 7.51. The molecule has 0 amide bonds. The van der Waals surface area contributed by atoms with Crippen LogP contribution in [0.25, 0.3) is 20.3 Å². The highest BCUT2D eigenvalue weighted by atomic mass is 32.1. The van der Waals surface area contributed by atoms with E-state index >= 15 is 0 Å². The van der Waals surface area contributed by atoms with E-state index in [4.69, 9.17) is 9.72 Å². The van der Waals surface area contributed by atoms with Crippen molar-refractivity contribution in [1.29, 1.82) is 0 Å².